The Kier molecular flexibility index (Phi) is 5.09. The maximum atomic E-state index is 12.7. The molecule has 0 spiro atoms. The van der Waals surface area contributed by atoms with Crippen LogP contribution in [0.25, 0.3) is 5.69 Å². The second-order valence-electron chi connectivity index (χ2n) is 6.03. The van der Waals surface area contributed by atoms with Crippen LogP contribution < -0.4 is 5.32 Å². The van der Waals surface area contributed by atoms with Crippen LogP contribution in [0.5, 0.6) is 0 Å². The molecule has 2 aromatic rings. The minimum absolute atomic E-state index is 0.110. The van der Waals surface area contributed by atoms with Gasteiger partial charge in [0.1, 0.15) is 5.70 Å². The van der Waals surface area contributed by atoms with Gasteiger partial charge in [0.05, 0.1) is 37.2 Å². The van der Waals surface area contributed by atoms with Gasteiger partial charge in [-0.3, -0.25) is 4.79 Å². The highest BCUT2D eigenvalue weighted by atomic mass is 16.5. The van der Waals surface area contributed by atoms with Gasteiger partial charge in [0.2, 0.25) is 0 Å². The number of carbonyl (C=O) groups excluding carboxylic acids is 2. The average Bonchev–Trinajstić information content (AvgIpc) is 3.26. The Balaban J connectivity index is 2.02. The van der Waals surface area contributed by atoms with Crippen molar-refractivity contribution in [3.8, 4) is 5.69 Å². The van der Waals surface area contributed by atoms with E-state index in [4.69, 9.17) is 9.84 Å². The quantitative estimate of drug-likeness (QED) is 0.767. The number of hydrogen-bond acceptors (Lipinski definition) is 5. The third kappa shape index (κ3) is 3.34. The van der Waals surface area contributed by atoms with Crippen molar-refractivity contribution in [3.05, 3.63) is 59.6 Å². The van der Waals surface area contributed by atoms with Crippen LogP contribution in [0.4, 0.5) is 5.69 Å². The van der Waals surface area contributed by atoms with Crippen LogP contribution in [0.3, 0.4) is 0 Å². The summed E-state index contributed by atoms with van der Waals surface area (Å²) in [5.41, 5.74) is 3.01. The number of amides is 1. The van der Waals surface area contributed by atoms with Crippen LogP contribution in [-0.2, 0) is 14.3 Å². The van der Waals surface area contributed by atoms with Gasteiger partial charge in [0, 0.05) is 18.9 Å². The number of esters is 1. The number of aromatic nitrogens is 1. The van der Waals surface area contributed by atoms with Gasteiger partial charge in [0.25, 0.3) is 5.91 Å². The molecule has 0 saturated carbocycles. The smallest absolute Gasteiger partial charge is 0.337 e. The monoisotopic (exact) mass is 355 g/mol. The van der Waals surface area contributed by atoms with E-state index in [2.05, 4.69) is 5.32 Å². The van der Waals surface area contributed by atoms with Gasteiger partial charge in [-0.25, -0.2) is 4.79 Å². The zero-order chi connectivity index (χ0) is 18.7. The summed E-state index contributed by atoms with van der Waals surface area (Å²) in [7, 11) is 1.28. The number of ether oxygens (including phenoxy) is 1. The van der Waals surface area contributed by atoms with E-state index in [1.165, 1.54) is 12.0 Å². The Morgan fingerprint density at radius 2 is 2.04 bits per heavy atom. The number of methoxy groups -OCH3 is 1. The average molecular weight is 355 g/mol. The van der Waals surface area contributed by atoms with E-state index in [9.17, 15) is 9.59 Å². The third-order valence-electron chi connectivity index (χ3n) is 4.25. The Morgan fingerprint density at radius 3 is 2.69 bits per heavy atom. The Bertz CT molecular complexity index is 856. The first-order valence-corrected chi connectivity index (χ1v) is 8.27. The van der Waals surface area contributed by atoms with E-state index in [0.717, 1.165) is 11.3 Å². The van der Waals surface area contributed by atoms with Crippen LogP contribution in [0.2, 0.25) is 0 Å². The first-order valence-electron chi connectivity index (χ1n) is 8.27. The molecule has 0 fully saturated rings. The highest BCUT2D eigenvalue weighted by Gasteiger charge is 2.34. The number of nitrogens with zero attached hydrogens (tertiary/aromatic N) is 2. The van der Waals surface area contributed by atoms with Crippen molar-refractivity contribution in [1.29, 1.82) is 0 Å². The number of nitrogens with one attached hydrogen (secondary N) is 1. The fourth-order valence-electron chi connectivity index (χ4n) is 2.95. The number of rotatable bonds is 6. The van der Waals surface area contributed by atoms with Crippen molar-refractivity contribution in [3.63, 3.8) is 0 Å². The molecule has 7 heteroatoms. The van der Waals surface area contributed by atoms with E-state index in [0.29, 0.717) is 5.69 Å². The van der Waals surface area contributed by atoms with Crippen LogP contribution in [0, 0.1) is 6.92 Å². The zero-order valence-corrected chi connectivity index (χ0v) is 14.7. The molecular weight excluding hydrogens is 334 g/mol. The number of benzene rings is 1. The molecule has 2 heterocycles. The lowest BCUT2D eigenvalue weighted by Crippen LogP contribution is -2.31. The Hall–Kier alpha value is -3.06. The molecule has 1 aliphatic rings. The SMILES string of the molecule is COC(=O)C1=C(Nc2cc(C)ccc2-n2cccc2)C(=O)N(CCO)C1. The molecule has 1 amide bonds. The number of aliphatic hydroxyl groups is 1. The van der Waals surface area contributed by atoms with E-state index in [-0.39, 0.29) is 36.9 Å². The van der Waals surface area contributed by atoms with Crippen molar-refractivity contribution >= 4 is 17.6 Å². The summed E-state index contributed by atoms with van der Waals surface area (Å²) in [4.78, 5) is 26.2. The first-order chi connectivity index (χ1) is 12.5. The molecule has 136 valence electrons. The maximum Gasteiger partial charge on any atom is 0.337 e. The molecule has 0 radical (unpaired) electrons. The second kappa shape index (κ2) is 7.45. The van der Waals surface area contributed by atoms with Crippen LogP contribution in [-0.4, -0.2) is 53.3 Å². The summed E-state index contributed by atoms with van der Waals surface area (Å²) in [6.45, 7) is 2.04. The lowest BCUT2D eigenvalue weighted by molar-refractivity contribution is -0.136. The maximum absolute atomic E-state index is 12.7. The summed E-state index contributed by atoms with van der Waals surface area (Å²) in [6, 6.07) is 9.66. The van der Waals surface area contributed by atoms with Crippen LogP contribution in [0.15, 0.2) is 54.0 Å². The summed E-state index contributed by atoms with van der Waals surface area (Å²) in [6.07, 6.45) is 3.81. The van der Waals surface area contributed by atoms with E-state index < -0.39 is 5.97 Å². The topological polar surface area (TPSA) is 83.8 Å². The van der Waals surface area contributed by atoms with Gasteiger partial charge in [-0.1, -0.05) is 6.07 Å². The number of anilines is 1. The molecule has 0 unspecified atom stereocenters. The molecule has 0 bridgehead atoms. The normalized spacial score (nSPS) is 14.1. The number of β-amino-alcohol motifs (C(OH)–C–C–N with tert-alkyl or cyclic N) is 1. The van der Waals surface area contributed by atoms with Crippen LogP contribution >= 0.6 is 0 Å². The molecule has 2 N–H and O–H groups in total. The third-order valence-corrected chi connectivity index (χ3v) is 4.25. The standard InChI is InChI=1S/C19H21N3O4/c1-13-5-6-16(21-7-3-4-8-21)15(11-13)20-17-14(19(25)26-2)12-22(9-10-23)18(17)24/h3-8,11,20,23H,9-10,12H2,1-2H3. The molecule has 1 aromatic carbocycles. The van der Waals surface area contributed by atoms with Gasteiger partial charge in [0.15, 0.2) is 0 Å². The fraction of sp³-hybridized carbons (Fsp3) is 0.263. The summed E-state index contributed by atoms with van der Waals surface area (Å²) in [5, 5.41) is 12.3. The van der Waals surface area contributed by atoms with Crippen molar-refractivity contribution < 1.29 is 19.4 Å². The van der Waals surface area contributed by atoms with Crippen molar-refractivity contribution in [2.24, 2.45) is 0 Å². The van der Waals surface area contributed by atoms with Gasteiger partial charge in [-0.05, 0) is 36.8 Å². The molecule has 26 heavy (non-hydrogen) atoms. The summed E-state index contributed by atoms with van der Waals surface area (Å²) in [5.74, 6) is -0.893. The van der Waals surface area contributed by atoms with Crippen molar-refractivity contribution in [1.82, 2.24) is 9.47 Å². The van der Waals surface area contributed by atoms with Crippen molar-refractivity contribution in [2.45, 2.75) is 6.92 Å². The highest BCUT2D eigenvalue weighted by molar-refractivity contribution is 6.08. The van der Waals surface area contributed by atoms with Gasteiger partial charge < -0.3 is 24.6 Å². The lowest BCUT2D eigenvalue weighted by atomic mass is 10.1. The van der Waals surface area contributed by atoms with Gasteiger partial charge in [-0.15, -0.1) is 0 Å². The van der Waals surface area contributed by atoms with Crippen molar-refractivity contribution in [2.75, 3.05) is 32.1 Å². The minimum atomic E-state index is -0.559. The van der Waals surface area contributed by atoms with Crippen LogP contribution in [0.1, 0.15) is 5.56 Å². The lowest BCUT2D eigenvalue weighted by Gasteiger charge is -2.17. The predicted octanol–water partition coefficient (Wildman–Crippen LogP) is 1.46. The molecule has 0 aliphatic carbocycles. The number of aryl methyl sites for hydroxylation is 1. The highest BCUT2D eigenvalue weighted by Crippen LogP contribution is 2.27. The van der Waals surface area contributed by atoms with E-state index in [1.807, 2.05) is 54.2 Å². The second-order valence-corrected chi connectivity index (χ2v) is 6.03. The molecule has 3 rings (SSSR count). The molecule has 0 saturated heterocycles. The Labute approximate surface area is 151 Å². The molecular formula is C19H21N3O4. The largest absolute Gasteiger partial charge is 0.466 e. The molecule has 7 nitrogen and oxygen atoms in total. The van der Waals surface area contributed by atoms with E-state index in [1.54, 1.807) is 0 Å². The Morgan fingerprint density at radius 1 is 1.31 bits per heavy atom. The predicted molar refractivity (Wildman–Crippen MR) is 96.8 cm³/mol. The summed E-state index contributed by atoms with van der Waals surface area (Å²) >= 11 is 0. The molecule has 1 aromatic heterocycles. The number of carbonyl (C=O) groups is 2. The molecule has 1 aliphatic heterocycles. The fourth-order valence-corrected chi connectivity index (χ4v) is 2.95. The summed E-state index contributed by atoms with van der Waals surface area (Å²) < 4.78 is 6.74. The first kappa shape index (κ1) is 17.8. The van der Waals surface area contributed by atoms with Gasteiger partial charge >= 0.3 is 5.97 Å². The zero-order valence-electron chi connectivity index (χ0n) is 14.7. The minimum Gasteiger partial charge on any atom is -0.466 e. The number of hydrogen-bond donors (Lipinski definition) is 2. The molecule has 0 atom stereocenters. The van der Waals surface area contributed by atoms with E-state index >= 15 is 0 Å². The van der Waals surface area contributed by atoms with Gasteiger partial charge in [-0.2, -0.15) is 0 Å². The number of aliphatic hydroxyl groups excluding tert-OH is 1.